The van der Waals surface area contributed by atoms with E-state index in [4.69, 9.17) is 0 Å². The summed E-state index contributed by atoms with van der Waals surface area (Å²) in [6.45, 7) is 11.2. The lowest BCUT2D eigenvalue weighted by atomic mass is 9.57. The van der Waals surface area contributed by atoms with Gasteiger partial charge in [0.15, 0.2) is 0 Å². The van der Waals surface area contributed by atoms with Gasteiger partial charge in [0.05, 0.1) is 0 Å². The van der Waals surface area contributed by atoms with Crippen LogP contribution in [-0.2, 0) is 0 Å². The number of piperidine rings is 1. The maximum absolute atomic E-state index is 4.35. The highest BCUT2D eigenvalue weighted by molar-refractivity contribution is 5.70. The van der Waals surface area contributed by atoms with Gasteiger partial charge in [0.2, 0.25) is 0 Å². The molecule has 3 aliphatic rings. The fraction of sp³-hybridized carbons (Fsp3) is 0.409. The van der Waals surface area contributed by atoms with Crippen molar-refractivity contribution in [3.8, 4) is 11.1 Å². The fourth-order valence-electron chi connectivity index (χ4n) is 4.96. The molecule has 2 aliphatic heterocycles. The third-order valence-corrected chi connectivity index (χ3v) is 5.76. The van der Waals surface area contributed by atoms with Gasteiger partial charge in [-0.05, 0) is 47.9 Å². The maximum Gasteiger partial charge on any atom is 0.0346 e. The molecule has 1 aromatic carbocycles. The molecule has 2 heteroatoms. The van der Waals surface area contributed by atoms with E-state index in [1.807, 2.05) is 18.5 Å². The Morgan fingerprint density at radius 2 is 2.12 bits per heavy atom. The quantitative estimate of drug-likeness (QED) is 0.783. The van der Waals surface area contributed by atoms with Gasteiger partial charge in [-0.25, -0.2) is 0 Å². The summed E-state index contributed by atoms with van der Waals surface area (Å²) in [7, 11) is 0. The van der Waals surface area contributed by atoms with Crippen LogP contribution in [0.3, 0.4) is 0 Å². The molecule has 1 saturated heterocycles. The largest absolute Gasteiger partial charge is 0.306 e. The highest BCUT2D eigenvalue weighted by Gasteiger charge is 2.50. The van der Waals surface area contributed by atoms with Gasteiger partial charge in [0.1, 0.15) is 0 Å². The minimum absolute atomic E-state index is 0.293. The van der Waals surface area contributed by atoms with Crippen LogP contribution in [0.2, 0.25) is 0 Å². The van der Waals surface area contributed by atoms with E-state index in [0.29, 0.717) is 23.4 Å². The van der Waals surface area contributed by atoms with Gasteiger partial charge in [-0.1, -0.05) is 43.7 Å². The number of rotatable bonds is 3. The molecule has 0 unspecified atom stereocenters. The SMILES string of the molecule is C=C(C)C[C@@H]1N[C@H]2CC(C)(C)[C@@H]1c1c(-c3cccnc3)cccc12. The minimum atomic E-state index is 0.293. The Kier molecular flexibility index (Phi) is 3.61. The van der Waals surface area contributed by atoms with Crippen LogP contribution >= 0.6 is 0 Å². The third kappa shape index (κ3) is 2.41. The van der Waals surface area contributed by atoms with Gasteiger partial charge in [0, 0.05) is 36.0 Å². The van der Waals surface area contributed by atoms with Crippen LogP contribution in [0.5, 0.6) is 0 Å². The van der Waals surface area contributed by atoms with E-state index >= 15 is 0 Å². The lowest BCUT2D eigenvalue weighted by Gasteiger charge is -2.55. The van der Waals surface area contributed by atoms with Crippen LogP contribution in [0.1, 0.15) is 56.7 Å². The Labute approximate surface area is 145 Å². The highest BCUT2D eigenvalue weighted by Crippen LogP contribution is 2.57. The molecule has 3 atom stereocenters. The van der Waals surface area contributed by atoms with E-state index in [0.717, 1.165) is 6.42 Å². The molecular formula is C22H26N2. The van der Waals surface area contributed by atoms with Crippen molar-refractivity contribution in [3.63, 3.8) is 0 Å². The van der Waals surface area contributed by atoms with Crippen molar-refractivity contribution in [2.45, 2.75) is 51.6 Å². The topological polar surface area (TPSA) is 24.9 Å². The van der Waals surface area contributed by atoms with Crippen molar-refractivity contribution >= 4 is 0 Å². The predicted molar refractivity (Wildman–Crippen MR) is 99.9 cm³/mol. The smallest absolute Gasteiger partial charge is 0.0346 e. The average molecular weight is 318 g/mol. The molecule has 2 aromatic rings. The molecule has 1 N–H and O–H groups in total. The highest BCUT2D eigenvalue weighted by atomic mass is 15.0. The summed E-state index contributed by atoms with van der Waals surface area (Å²) in [6, 6.07) is 11.9. The second-order valence-corrected chi connectivity index (χ2v) is 8.21. The van der Waals surface area contributed by atoms with Crippen LogP contribution in [0.15, 0.2) is 54.9 Å². The molecule has 1 aromatic heterocycles. The predicted octanol–water partition coefficient (Wildman–Crippen LogP) is 5.24. The molecule has 2 bridgehead atoms. The lowest BCUT2D eigenvalue weighted by Crippen LogP contribution is -2.54. The molecule has 1 fully saturated rings. The first-order chi connectivity index (χ1) is 11.5. The number of hydrogen-bond acceptors (Lipinski definition) is 2. The molecular weight excluding hydrogens is 292 g/mol. The summed E-state index contributed by atoms with van der Waals surface area (Å²) >= 11 is 0. The maximum atomic E-state index is 4.35. The minimum Gasteiger partial charge on any atom is -0.306 e. The first-order valence-electron chi connectivity index (χ1n) is 8.91. The first-order valence-corrected chi connectivity index (χ1v) is 8.91. The number of nitrogens with zero attached hydrogens (tertiary/aromatic N) is 1. The van der Waals surface area contributed by atoms with E-state index in [1.165, 1.54) is 34.2 Å². The number of nitrogens with one attached hydrogen (secondary N) is 1. The number of fused-ring (bicyclic) bond motifs is 2. The molecule has 0 radical (unpaired) electrons. The summed E-state index contributed by atoms with van der Waals surface area (Å²) in [5.41, 5.74) is 7.16. The van der Waals surface area contributed by atoms with E-state index in [2.05, 4.69) is 61.9 Å². The summed E-state index contributed by atoms with van der Waals surface area (Å²) in [5, 5.41) is 3.90. The second-order valence-electron chi connectivity index (χ2n) is 8.21. The van der Waals surface area contributed by atoms with Gasteiger partial charge in [-0.2, -0.15) is 0 Å². The molecule has 2 nitrogen and oxygen atoms in total. The second kappa shape index (κ2) is 5.56. The Morgan fingerprint density at radius 1 is 1.29 bits per heavy atom. The van der Waals surface area contributed by atoms with Crippen molar-refractivity contribution < 1.29 is 0 Å². The summed E-state index contributed by atoms with van der Waals surface area (Å²) in [5.74, 6) is 0.505. The molecule has 0 amide bonds. The molecule has 1 aliphatic carbocycles. The van der Waals surface area contributed by atoms with Gasteiger partial charge in [0.25, 0.3) is 0 Å². The number of pyridine rings is 1. The lowest BCUT2D eigenvalue weighted by molar-refractivity contribution is 0.104. The molecule has 0 saturated carbocycles. The van der Waals surface area contributed by atoms with Crippen LogP contribution in [0.4, 0.5) is 0 Å². The average Bonchev–Trinajstić information content (AvgIpc) is 2.53. The normalized spacial score (nSPS) is 26.9. The first kappa shape index (κ1) is 15.6. The molecule has 3 heterocycles. The van der Waals surface area contributed by atoms with Crippen molar-refractivity contribution in [3.05, 3.63) is 66.0 Å². The Bertz CT molecular complexity index is 776. The van der Waals surface area contributed by atoms with E-state index in [1.54, 1.807) is 0 Å². The zero-order valence-electron chi connectivity index (χ0n) is 14.8. The monoisotopic (exact) mass is 318 g/mol. The van der Waals surface area contributed by atoms with Gasteiger partial charge >= 0.3 is 0 Å². The van der Waals surface area contributed by atoms with E-state index in [9.17, 15) is 0 Å². The standard InChI is InChI=1S/C22H26N2/c1-14(2)11-18-21-20-16(15-7-6-10-23-13-15)8-5-9-17(20)19(24-18)12-22(21,3)4/h5-10,13,18-19,21,24H,1,11-12H2,2-4H3/t18-,19-,21-/m0/s1. The summed E-state index contributed by atoms with van der Waals surface area (Å²) in [6.07, 6.45) is 6.09. The van der Waals surface area contributed by atoms with Crippen molar-refractivity contribution in [2.75, 3.05) is 0 Å². The third-order valence-electron chi connectivity index (χ3n) is 5.76. The summed E-state index contributed by atoms with van der Waals surface area (Å²) < 4.78 is 0. The molecule has 0 spiro atoms. The Balaban J connectivity index is 1.90. The fourth-order valence-corrected chi connectivity index (χ4v) is 4.96. The van der Waals surface area contributed by atoms with Crippen LogP contribution in [-0.4, -0.2) is 11.0 Å². The van der Waals surface area contributed by atoms with Gasteiger partial charge in [-0.3, -0.25) is 4.98 Å². The molecule has 124 valence electrons. The van der Waals surface area contributed by atoms with E-state index in [-0.39, 0.29) is 0 Å². The number of aromatic nitrogens is 1. The van der Waals surface area contributed by atoms with Crippen LogP contribution in [0.25, 0.3) is 11.1 Å². The Hall–Kier alpha value is -1.93. The van der Waals surface area contributed by atoms with Gasteiger partial charge < -0.3 is 5.32 Å². The number of benzene rings is 1. The summed E-state index contributed by atoms with van der Waals surface area (Å²) in [4.78, 5) is 4.35. The zero-order valence-corrected chi connectivity index (χ0v) is 14.8. The van der Waals surface area contributed by atoms with Gasteiger partial charge in [-0.15, -0.1) is 6.58 Å². The zero-order chi connectivity index (χ0) is 16.9. The van der Waals surface area contributed by atoms with Crippen molar-refractivity contribution in [1.29, 1.82) is 0 Å². The molecule has 24 heavy (non-hydrogen) atoms. The van der Waals surface area contributed by atoms with Crippen molar-refractivity contribution in [2.24, 2.45) is 5.41 Å². The Morgan fingerprint density at radius 3 is 2.83 bits per heavy atom. The number of hydrogen-bond donors (Lipinski definition) is 1. The van der Waals surface area contributed by atoms with Crippen LogP contribution in [0, 0.1) is 5.41 Å². The van der Waals surface area contributed by atoms with Crippen molar-refractivity contribution in [1.82, 2.24) is 10.3 Å². The van der Waals surface area contributed by atoms with Crippen LogP contribution < -0.4 is 5.32 Å². The van der Waals surface area contributed by atoms with E-state index < -0.39 is 0 Å². The molecule has 5 rings (SSSR count).